The second-order valence-electron chi connectivity index (χ2n) is 4.05. The van der Waals surface area contributed by atoms with E-state index in [1.807, 2.05) is 6.92 Å². The first-order chi connectivity index (χ1) is 6.63. The predicted octanol–water partition coefficient (Wildman–Crippen LogP) is 1.45. The molecule has 0 aromatic heterocycles. The van der Waals surface area contributed by atoms with Crippen molar-refractivity contribution in [2.75, 3.05) is 26.7 Å². The lowest BCUT2D eigenvalue weighted by atomic mass is 9.98. The van der Waals surface area contributed by atoms with Gasteiger partial charge < -0.3 is 4.74 Å². The summed E-state index contributed by atoms with van der Waals surface area (Å²) < 4.78 is 4.75. The molecule has 0 saturated carbocycles. The molecular weight excluding hydrogens is 178 g/mol. The monoisotopic (exact) mass is 197 g/mol. The number of hydrogen-bond donors (Lipinski definition) is 0. The van der Waals surface area contributed by atoms with Crippen molar-refractivity contribution in [2.24, 2.45) is 5.92 Å². The van der Waals surface area contributed by atoms with Crippen LogP contribution in [0.5, 0.6) is 0 Å². The Morgan fingerprint density at radius 1 is 1.64 bits per heavy atom. The van der Waals surface area contributed by atoms with Crippen LogP contribution in [0.3, 0.4) is 0 Å². The van der Waals surface area contributed by atoms with Crippen LogP contribution in [0, 0.1) is 5.92 Å². The molecule has 1 fully saturated rings. The summed E-state index contributed by atoms with van der Waals surface area (Å²) >= 11 is 0. The van der Waals surface area contributed by atoms with E-state index in [1.165, 1.54) is 7.11 Å². The van der Waals surface area contributed by atoms with E-state index in [0.717, 1.165) is 38.0 Å². The van der Waals surface area contributed by atoms with Crippen molar-refractivity contribution in [3.05, 3.63) is 12.2 Å². The van der Waals surface area contributed by atoms with Crippen LogP contribution in [0.4, 0.5) is 0 Å². The van der Waals surface area contributed by atoms with Gasteiger partial charge in [-0.3, -0.25) is 9.69 Å². The minimum Gasteiger partial charge on any atom is -0.469 e. The first-order valence-electron chi connectivity index (χ1n) is 5.08. The van der Waals surface area contributed by atoms with Gasteiger partial charge in [0.25, 0.3) is 0 Å². The fraction of sp³-hybridized carbons (Fsp3) is 0.727. The second-order valence-corrected chi connectivity index (χ2v) is 4.05. The lowest BCUT2D eigenvalue weighted by molar-refractivity contribution is -0.147. The van der Waals surface area contributed by atoms with E-state index in [-0.39, 0.29) is 11.9 Å². The molecule has 3 nitrogen and oxygen atoms in total. The smallest absolute Gasteiger partial charge is 0.309 e. The molecule has 1 aliphatic rings. The van der Waals surface area contributed by atoms with Crippen LogP contribution in [0.15, 0.2) is 12.2 Å². The number of methoxy groups -OCH3 is 1. The van der Waals surface area contributed by atoms with E-state index in [4.69, 9.17) is 4.74 Å². The third-order valence-electron chi connectivity index (χ3n) is 2.53. The highest BCUT2D eigenvalue weighted by Crippen LogP contribution is 2.18. The number of carbonyl (C=O) groups is 1. The molecule has 1 atom stereocenters. The molecular formula is C11H19NO2. The van der Waals surface area contributed by atoms with Crippen LogP contribution < -0.4 is 0 Å². The van der Waals surface area contributed by atoms with E-state index >= 15 is 0 Å². The molecule has 0 aliphatic carbocycles. The maximum atomic E-state index is 11.3. The van der Waals surface area contributed by atoms with Crippen LogP contribution >= 0.6 is 0 Å². The number of carbonyl (C=O) groups excluding carboxylic acids is 1. The lowest BCUT2D eigenvalue weighted by Crippen LogP contribution is -2.39. The zero-order valence-corrected chi connectivity index (χ0v) is 9.08. The van der Waals surface area contributed by atoms with Crippen LogP contribution in [0.25, 0.3) is 0 Å². The summed E-state index contributed by atoms with van der Waals surface area (Å²) in [4.78, 5) is 13.6. The topological polar surface area (TPSA) is 29.5 Å². The maximum Gasteiger partial charge on any atom is 0.309 e. The summed E-state index contributed by atoms with van der Waals surface area (Å²) in [6.45, 7) is 8.68. The summed E-state index contributed by atoms with van der Waals surface area (Å²) in [6.07, 6.45) is 2.03. The molecule has 0 aromatic carbocycles. The average Bonchev–Trinajstić information content (AvgIpc) is 2.16. The zero-order chi connectivity index (χ0) is 10.6. The van der Waals surface area contributed by atoms with Gasteiger partial charge in [0.15, 0.2) is 0 Å². The van der Waals surface area contributed by atoms with Gasteiger partial charge in [-0.2, -0.15) is 0 Å². The number of esters is 1. The maximum absolute atomic E-state index is 11.3. The summed E-state index contributed by atoms with van der Waals surface area (Å²) in [5.41, 5.74) is 1.15. The highest BCUT2D eigenvalue weighted by molar-refractivity contribution is 5.72. The molecule has 1 aliphatic heterocycles. The fourth-order valence-corrected chi connectivity index (χ4v) is 1.94. The van der Waals surface area contributed by atoms with Crippen LogP contribution in [0.1, 0.15) is 19.8 Å². The summed E-state index contributed by atoms with van der Waals surface area (Å²) in [7, 11) is 1.46. The molecule has 0 N–H and O–H groups in total. The minimum absolute atomic E-state index is 0.0631. The molecule has 0 amide bonds. The number of likely N-dealkylation sites (tertiary alicyclic amines) is 1. The van der Waals surface area contributed by atoms with Gasteiger partial charge in [0.2, 0.25) is 0 Å². The van der Waals surface area contributed by atoms with E-state index in [0.29, 0.717) is 0 Å². The van der Waals surface area contributed by atoms with E-state index in [1.54, 1.807) is 0 Å². The lowest BCUT2D eigenvalue weighted by Gasteiger charge is -2.31. The molecule has 0 aromatic rings. The Morgan fingerprint density at radius 3 is 2.93 bits per heavy atom. The van der Waals surface area contributed by atoms with E-state index in [9.17, 15) is 4.79 Å². The number of nitrogens with zero attached hydrogens (tertiary/aromatic N) is 1. The second kappa shape index (κ2) is 5.15. The minimum atomic E-state index is -0.0728. The van der Waals surface area contributed by atoms with Crippen molar-refractivity contribution < 1.29 is 9.53 Å². The van der Waals surface area contributed by atoms with Gasteiger partial charge in [-0.1, -0.05) is 12.2 Å². The molecule has 14 heavy (non-hydrogen) atoms. The highest BCUT2D eigenvalue weighted by Gasteiger charge is 2.25. The molecule has 1 rings (SSSR count). The fourth-order valence-electron chi connectivity index (χ4n) is 1.94. The van der Waals surface area contributed by atoms with Gasteiger partial charge in [-0.05, 0) is 26.3 Å². The molecule has 0 radical (unpaired) electrons. The van der Waals surface area contributed by atoms with Crippen LogP contribution in [0.2, 0.25) is 0 Å². The Labute approximate surface area is 85.7 Å². The highest BCUT2D eigenvalue weighted by atomic mass is 16.5. The van der Waals surface area contributed by atoms with Gasteiger partial charge in [0.05, 0.1) is 13.0 Å². The number of piperidine rings is 1. The summed E-state index contributed by atoms with van der Waals surface area (Å²) in [5.74, 6) is -0.00971. The average molecular weight is 197 g/mol. The third kappa shape index (κ3) is 3.14. The first kappa shape index (κ1) is 11.2. The number of hydrogen-bond acceptors (Lipinski definition) is 3. The molecule has 80 valence electrons. The van der Waals surface area contributed by atoms with Gasteiger partial charge >= 0.3 is 5.97 Å². The zero-order valence-electron chi connectivity index (χ0n) is 9.08. The predicted molar refractivity (Wildman–Crippen MR) is 56.0 cm³/mol. The van der Waals surface area contributed by atoms with Gasteiger partial charge in [0.1, 0.15) is 0 Å². The number of rotatable bonds is 3. The van der Waals surface area contributed by atoms with E-state index in [2.05, 4.69) is 11.5 Å². The largest absolute Gasteiger partial charge is 0.469 e. The summed E-state index contributed by atoms with van der Waals surface area (Å²) in [6, 6.07) is 0. The Bertz CT molecular complexity index is 225. The third-order valence-corrected chi connectivity index (χ3v) is 2.53. The van der Waals surface area contributed by atoms with Crippen LogP contribution in [-0.2, 0) is 9.53 Å². The van der Waals surface area contributed by atoms with Crippen molar-refractivity contribution in [3.63, 3.8) is 0 Å². The Hall–Kier alpha value is -0.830. The molecule has 0 unspecified atom stereocenters. The van der Waals surface area contributed by atoms with Crippen molar-refractivity contribution in [1.82, 2.24) is 4.90 Å². The standard InChI is InChI=1S/C11H19NO2/c1-9(2)7-12-6-4-5-10(8-12)11(13)14-3/h10H,1,4-8H2,2-3H3/t10-/m0/s1. The molecule has 3 heteroatoms. The SMILES string of the molecule is C=C(C)CN1CCC[C@H](C(=O)OC)C1. The van der Waals surface area contributed by atoms with Crippen molar-refractivity contribution >= 4 is 5.97 Å². The van der Waals surface area contributed by atoms with Gasteiger partial charge in [-0.15, -0.1) is 0 Å². The normalized spacial score (nSPS) is 23.1. The van der Waals surface area contributed by atoms with Crippen LogP contribution in [-0.4, -0.2) is 37.6 Å². The quantitative estimate of drug-likeness (QED) is 0.506. The summed E-state index contributed by atoms with van der Waals surface area (Å²) in [5, 5.41) is 0. The van der Waals surface area contributed by atoms with Crippen molar-refractivity contribution in [3.8, 4) is 0 Å². The van der Waals surface area contributed by atoms with Gasteiger partial charge in [-0.25, -0.2) is 0 Å². The van der Waals surface area contributed by atoms with E-state index < -0.39 is 0 Å². The van der Waals surface area contributed by atoms with Crippen molar-refractivity contribution in [1.29, 1.82) is 0 Å². The Balaban J connectivity index is 2.43. The molecule has 0 spiro atoms. The van der Waals surface area contributed by atoms with Crippen molar-refractivity contribution in [2.45, 2.75) is 19.8 Å². The Kier molecular flexibility index (Phi) is 4.14. The van der Waals surface area contributed by atoms with Gasteiger partial charge in [0, 0.05) is 13.1 Å². The Morgan fingerprint density at radius 2 is 2.36 bits per heavy atom. The number of ether oxygens (including phenoxy) is 1. The molecule has 1 heterocycles. The molecule has 1 saturated heterocycles. The first-order valence-corrected chi connectivity index (χ1v) is 5.08. The molecule has 0 bridgehead atoms.